The van der Waals surface area contributed by atoms with Crippen LogP contribution in [0.3, 0.4) is 0 Å². The largest absolute Gasteiger partial charge is 0.493 e. The van der Waals surface area contributed by atoms with Crippen LogP contribution in [0.25, 0.3) is 6.08 Å². The van der Waals surface area contributed by atoms with Gasteiger partial charge in [0.1, 0.15) is 12.7 Å². The van der Waals surface area contributed by atoms with Gasteiger partial charge in [0.25, 0.3) is 0 Å². The lowest BCUT2D eigenvalue weighted by molar-refractivity contribution is -0.288. The van der Waals surface area contributed by atoms with Crippen molar-refractivity contribution in [2.45, 2.75) is 58.4 Å². The van der Waals surface area contributed by atoms with E-state index in [4.69, 9.17) is 37.9 Å². The van der Waals surface area contributed by atoms with Gasteiger partial charge in [0.2, 0.25) is 21.9 Å². The predicted molar refractivity (Wildman–Crippen MR) is 140 cm³/mol. The summed E-state index contributed by atoms with van der Waals surface area (Å²) < 4.78 is 44.0. The molecule has 0 aliphatic carbocycles. The monoisotopic (exact) mass is 664 g/mol. The third-order valence-electron chi connectivity index (χ3n) is 5.07. The Morgan fingerprint density at radius 2 is 1.33 bits per heavy atom. The first-order chi connectivity index (χ1) is 18.4. The summed E-state index contributed by atoms with van der Waals surface area (Å²) in [5, 5.41) is 0. The number of benzene rings is 1. The number of hydrogen-bond donors (Lipinski definition) is 0. The number of allylic oxidation sites excluding steroid dienone is 1. The number of carbonyl (C=O) groups excluding carboxylic acids is 5. The molecule has 0 unspecified atom stereocenters. The second-order valence-corrected chi connectivity index (χ2v) is 9.14. The first-order valence-electron chi connectivity index (χ1n) is 11.5. The van der Waals surface area contributed by atoms with E-state index in [2.05, 4.69) is 0 Å². The molecule has 1 aromatic rings. The Kier molecular flexibility index (Phi) is 12.0. The zero-order chi connectivity index (χ0) is 29.3. The van der Waals surface area contributed by atoms with E-state index in [1.54, 1.807) is 34.7 Å². The van der Waals surface area contributed by atoms with E-state index in [9.17, 15) is 24.0 Å². The highest BCUT2D eigenvalue weighted by Crippen LogP contribution is 2.41. The van der Waals surface area contributed by atoms with Crippen LogP contribution in [0.1, 0.15) is 33.3 Å². The lowest BCUT2D eigenvalue weighted by Gasteiger charge is -2.44. The summed E-state index contributed by atoms with van der Waals surface area (Å²) in [5.41, 5.74) is 0.544. The molecule has 0 N–H and O–H groups in total. The maximum Gasteiger partial charge on any atom is 0.303 e. The molecular weight excluding hydrogens is 635 g/mol. The second kappa shape index (κ2) is 14.7. The number of carbonyl (C=O) groups is 5. The molecule has 5 atom stereocenters. The molecule has 13 nitrogen and oxygen atoms in total. The minimum absolute atomic E-state index is 0.0128. The number of halogens is 1. The van der Waals surface area contributed by atoms with E-state index in [1.807, 2.05) is 0 Å². The maximum atomic E-state index is 12.0. The van der Waals surface area contributed by atoms with Gasteiger partial charge in [0.15, 0.2) is 23.7 Å². The van der Waals surface area contributed by atoms with Crippen LogP contribution in [0.4, 0.5) is 0 Å². The topological polar surface area (TPSA) is 159 Å². The molecule has 1 heterocycles. The third-order valence-corrected chi connectivity index (χ3v) is 5.43. The van der Waals surface area contributed by atoms with Gasteiger partial charge in [-0.2, -0.15) is 0 Å². The smallest absolute Gasteiger partial charge is 0.303 e. The van der Waals surface area contributed by atoms with Crippen LogP contribution in [0, 0.1) is 0 Å². The first-order valence-corrected chi connectivity index (χ1v) is 12.5. The summed E-state index contributed by atoms with van der Waals surface area (Å²) in [5.74, 6) is -2.65. The maximum absolute atomic E-state index is 12.0. The molecule has 14 heteroatoms. The zero-order valence-corrected chi connectivity index (χ0v) is 24.2. The summed E-state index contributed by atoms with van der Waals surface area (Å²) in [6.07, 6.45) is -4.01. The van der Waals surface area contributed by atoms with Crippen LogP contribution in [-0.4, -0.2) is 79.2 Å². The molecule has 39 heavy (non-hydrogen) atoms. The average molecular weight is 664 g/mol. The van der Waals surface area contributed by atoms with Crippen LogP contribution in [0.2, 0.25) is 0 Å². The highest BCUT2D eigenvalue weighted by atomic mass is 127. The van der Waals surface area contributed by atoms with Gasteiger partial charge in [0, 0.05) is 50.3 Å². The van der Waals surface area contributed by atoms with Crippen molar-refractivity contribution < 1.29 is 61.9 Å². The molecule has 0 spiro atoms. The molecule has 1 aliphatic heterocycles. The van der Waals surface area contributed by atoms with E-state index in [-0.39, 0.29) is 21.0 Å². The predicted octanol–water partition coefficient (Wildman–Crippen LogP) is 2.14. The number of ether oxygens (including phenoxy) is 8. The van der Waals surface area contributed by atoms with E-state index < -0.39 is 61.2 Å². The Hall–Kier alpha value is -3.40. The van der Waals surface area contributed by atoms with Crippen molar-refractivity contribution in [3.8, 4) is 17.2 Å². The first kappa shape index (κ1) is 31.8. The SMILES string of the molecule is COc1cc(/C=C/C(=O)I)cc(OC)c1O[C@@H]1O[C@H](COC(C)=O)[C@H](OC(C)=O)[C@H](OC(C)=O)[C@H]1OC(C)=O. The van der Waals surface area contributed by atoms with Crippen molar-refractivity contribution in [2.24, 2.45) is 0 Å². The van der Waals surface area contributed by atoms with Crippen molar-refractivity contribution in [3.63, 3.8) is 0 Å². The van der Waals surface area contributed by atoms with Gasteiger partial charge in [-0.3, -0.25) is 24.0 Å². The molecule has 0 aromatic heterocycles. The Bertz CT molecular complexity index is 1090. The standard InChI is InChI=1S/C25H29IO13/c1-12(27)34-11-19-22(35-13(2)28)23(36-14(3)29)24(37-15(4)30)25(38-19)39-21-17(32-5)9-16(7-8-20(26)31)10-18(21)33-6/h7-10,19,22-25H,11H2,1-6H3/b8-7+/t19-,22+,23+,24-,25+/m1/s1. The van der Waals surface area contributed by atoms with Crippen LogP contribution in [0.15, 0.2) is 18.2 Å². The highest BCUT2D eigenvalue weighted by Gasteiger charge is 2.53. The van der Waals surface area contributed by atoms with E-state index in [0.717, 1.165) is 20.8 Å². The molecule has 0 bridgehead atoms. The highest BCUT2D eigenvalue weighted by molar-refractivity contribution is 14.1. The molecule has 0 radical (unpaired) electrons. The average Bonchev–Trinajstić information content (AvgIpc) is 2.84. The Morgan fingerprint density at radius 1 is 0.821 bits per heavy atom. The molecule has 0 amide bonds. The quantitative estimate of drug-likeness (QED) is 0.111. The van der Waals surface area contributed by atoms with Crippen molar-refractivity contribution >= 4 is 56.3 Å². The van der Waals surface area contributed by atoms with Gasteiger partial charge in [-0.1, -0.05) is 6.08 Å². The van der Waals surface area contributed by atoms with Gasteiger partial charge in [-0.15, -0.1) is 0 Å². The van der Waals surface area contributed by atoms with Gasteiger partial charge in [-0.05, 0) is 23.8 Å². The Balaban J connectivity index is 2.62. The zero-order valence-electron chi connectivity index (χ0n) is 22.1. The van der Waals surface area contributed by atoms with Crippen molar-refractivity contribution in [2.75, 3.05) is 20.8 Å². The molecule has 1 saturated heterocycles. The van der Waals surface area contributed by atoms with Gasteiger partial charge >= 0.3 is 23.9 Å². The molecular formula is C25H29IO13. The summed E-state index contributed by atoms with van der Waals surface area (Å²) >= 11 is 1.62. The molecule has 1 aromatic carbocycles. The molecule has 214 valence electrons. The second-order valence-electron chi connectivity index (χ2n) is 8.08. The summed E-state index contributed by atoms with van der Waals surface area (Å²) in [7, 11) is 2.73. The van der Waals surface area contributed by atoms with Crippen LogP contribution < -0.4 is 14.2 Å². The number of hydrogen-bond acceptors (Lipinski definition) is 13. The summed E-state index contributed by atoms with van der Waals surface area (Å²) in [6, 6.07) is 3.11. The Labute approximate surface area is 238 Å². The minimum atomic E-state index is -1.49. The lowest BCUT2D eigenvalue weighted by atomic mass is 9.98. The van der Waals surface area contributed by atoms with Gasteiger partial charge in [0.05, 0.1) is 14.2 Å². The fraction of sp³-hybridized carbons (Fsp3) is 0.480. The van der Waals surface area contributed by atoms with Crippen LogP contribution >= 0.6 is 22.6 Å². The number of esters is 4. The molecule has 0 saturated carbocycles. The molecule has 1 fully saturated rings. The van der Waals surface area contributed by atoms with Crippen LogP contribution in [0.5, 0.6) is 17.2 Å². The van der Waals surface area contributed by atoms with E-state index >= 15 is 0 Å². The van der Waals surface area contributed by atoms with Gasteiger partial charge in [-0.25, -0.2) is 0 Å². The normalized spacial score (nSPS) is 22.4. The van der Waals surface area contributed by atoms with Gasteiger partial charge < -0.3 is 37.9 Å². The number of rotatable bonds is 11. The van der Waals surface area contributed by atoms with Crippen LogP contribution in [-0.2, 0) is 47.7 Å². The van der Waals surface area contributed by atoms with Crippen molar-refractivity contribution in [1.29, 1.82) is 0 Å². The van der Waals surface area contributed by atoms with E-state index in [1.165, 1.54) is 33.3 Å². The molecule has 2 rings (SSSR count). The summed E-state index contributed by atoms with van der Waals surface area (Å²) in [6.45, 7) is 4.10. The van der Waals surface area contributed by atoms with E-state index in [0.29, 0.717) is 5.56 Å². The Morgan fingerprint density at radius 3 is 1.79 bits per heavy atom. The molecule has 1 aliphatic rings. The van der Waals surface area contributed by atoms with Crippen molar-refractivity contribution in [3.05, 3.63) is 23.8 Å². The minimum Gasteiger partial charge on any atom is -0.493 e. The summed E-state index contributed by atoms with van der Waals surface area (Å²) in [4.78, 5) is 58.8. The lowest BCUT2D eigenvalue weighted by Crippen LogP contribution is -2.63. The van der Waals surface area contributed by atoms with Crippen molar-refractivity contribution in [1.82, 2.24) is 0 Å². The number of methoxy groups -OCH3 is 2. The third kappa shape index (κ3) is 9.38. The fourth-order valence-corrected chi connectivity index (χ4v) is 3.85. The fourth-order valence-electron chi connectivity index (χ4n) is 3.67.